The Morgan fingerprint density at radius 3 is 2.81 bits per heavy atom. The van der Waals surface area contributed by atoms with E-state index in [-0.39, 0.29) is 5.69 Å². The highest BCUT2D eigenvalue weighted by Crippen LogP contribution is 2.28. The van der Waals surface area contributed by atoms with E-state index in [1.54, 1.807) is 12.1 Å². The van der Waals surface area contributed by atoms with Gasteiger partial charge in [0.2, 0.25) is 0 Å². The Morgan fingerprint density at radius 2 is 2.31 bits per heavy atom. The highest BCUT2D eigenvalue weighted by Gasteiger charge is 2.14. The minimum atomic E-state index is -0.441. The van der Waals surface area contributed by atoms with E-state index in [9.17, 15) is 10.1 Å². The number of nitro groups is 1. The summed E-state index contributed by atoms with van der Waals surface area (Å²) in [6.45, 7) is 6.08. The molecule has 0 spiro atoms. The van der Waals surface area contributed by atoms with Gasteiger partial charge in [-0.1, -0.05) is 12.2 Å². The molecule has 0 amide bonds. The minimum Gasteiger partial charge on any atom is -0.496 e. The minimum absolute atomic E-state index is 0.000556. The number of benzene rings is 1. The lowest BCUT2D eigenvalue weighted by atomic mass is 10.2. The largest absolute Gasteiger partial charge is 0.496 e. The first-order chi connectivity index (χ1) is 7.54. The highest BCUT2D eigenvalue weighted by molar-refractivity contribution is 5.64. The predicted molar refractivity (Wildman–Crippen MR) is 63.0 cm³/mol. The summed E-state index contributed by atoms with van der Waals surface area (Å²) in [4.78, 5) is 10.4. The van der Waals surface area contributed by atoms with Crippen LogP contribution in [0.25, 0.3) is 0 Å². The van der Waals surface area contributed by atoms with E-state index in [1.165, 1.54) is 13.2 Å². The Balaban J connectivity index is 2.98. The molecule has 0 saturated heterocycles. The van der Waals surface area contributed by atoms with Crippen LogP contribution in [0, 0.1) is 10.1 Å². The zero-order valence-electron chi connectivity index (χ0n) is 9.32. The van der Waals surface area contributed by atoms with Crippen LogP contribution in [0.5, 0.6) is 5.75 Å². The molecule has 0 heterocycles. The summed E-state index contributed by atoms with van der Waals surface area (Å²) in [6.07, 6.45) is 0. The van der Waals surface area contributed by atoms with Gasteiger partial charge in [0.1, 0.15) is 11.4 Å². The molecule has 0 aromatic heterocycles. The molecule has 16 heavy (non-hydrogen) atoms. The maximum absolute atomic E-state index is 10.8. The third-order valence-electron chi connectivity index (χ3n) is 1.98. The standard InChI is InChI=1S/C11H14N2O3/c1-8(2)7-12-10-5-4-9(16-3)6-11(10)13(14)15/h4-6,12H,1,7H2,2-3H3. The van der Waals surface area contributed by atoms with Gasteiger partial charge in [-0.05, 0) is 19.1 Å². The number of ether oxygens (including phenoxy) is 1. The Labute approximate surface area is 93.9 Å². The lowest BCUT2D eigenvalue weighted by molar-refractivity contribution is -0.384. The fraction of sp³-hybridized carbons (Fsp3) is 0.273. The molecule has 0 unspecified atom stereocenters. The summed E-state index contributed by atoms with van der Waals surface area (Å²) < 4.78 is 4.94. The van der Waals surface area contributed by atoms with Gasteiger partial charge in [0, 0.05) is 6.54 Å². The zero-order chi connectivity index (χ0) is 12.1. The van der Waals surface area contributed by atoms with Crippen molar-refractivity contribution in [1.29, 1.82) is 0 Å². The first kappa shape index (κ1) is 12.0. The summed E-state index contributed by atoms with van der Waals surface area (Å²) in [5.74, 6) is 0.465. The molecule has 5 nitrogen and oxygen atoms in total. The van der Waals surface area contributed by atoms with Gasteiger partial charge in [-0.3, -0.25) is 10.1 Å². The summed E-state index contributed by atoms with van der Waals surface area (Å²) in [7, 11) is 1.47. The van der Waals surface area contributed by atoms with Crippen LogP contribution in [-0.2, 0) is 0 Å². The second kappa shape index (κ2) is 5.16. The Bertz CT molecular complexity index is 416. The molecule has 0 radical (unpaired) electrons. The Hall–Kier alpha value is -2.04. The second-order valence-electron chi connectivity index (χ2n) is 3.45. The van der Waals surface area contributed by atoms with Gasteiger partial charge in [0.05, 0.1) is 18.1 Å². The van der Waals surface area contributed by atoms with Gasteiger partial charge in [0.15, 0.2) is 0 Å². The quantitative estimate of drug-likeness (QED) is 0.472. The molecule has 1 N–H and O–H groups in total. The zero-order valence-corrected chi connectivity index (χ0v) is 9.32. The van der Waals surface area contributed by atoms with Crippen LogP contribution >= 0.6 is 0 Å². The number of hydrogen-bond acceptors (Lipinski definition) is 4. The molecule has 0 aliphatic carbocycles. The average molecular weight is 222 g/mol. The van der Waals surface area contributed by atoms with Gasteiger partial charge in [-0.2, -0.15) is 0 Å². The van der Waals surface area contributed by atoms with E-state index >= 15 is 0 Å². The van der Waals surface area contributed by atoms with E-state index in [0.29, 0.717) is 18.0 Å². The number of methoxy groups -OCH3 is 1. The first-order valence-corrected chi connectivity index (χ1v) is 4.75. The topological polar surface area (TPSA) is 64.4 Å². The molecule has 1 rings (SSSR count). The van der Waals surface area contributed by atoms with Gasteiger partial charge < -0.3 is 10.1 Å². The van der Waals surface area contributed by atoms with Crippen LogP contribution in [0.3, 0.4) is 0 Å². The summed E-state index contributed by atoms with van der Waals surface area (Å²) in [5.41, 5.74) is 1.37. The van der Waals surface area contributed by atoms with Crippen LogP contribution in [-0.4, -0.2) is 18.6 Å². The van der Waals surface area contributed by atoms with Crippen molar-refractivity contribution in [1.82, 2.24) is 0 Å². The number of nitro benzene ring substituents is 1. The lowest BCUT2D eigenvalue weighted by Crippen LogP contribution is -2.04. The molecular weight excluding hydrogens is 208 g/mol. The molecule has 86 valence electrons. The second-order valence-corrected chi connectivity index (χ2v) is 3.45. The van der Waals surface area contributed by atoms with Crippen LogP contribution in [0.4, 0.5) is 11.4 Å². The molecule has 0 atom stereocenters. The molecule has 5 heteroatoms. The van der Waals surface area contributed by atoms with E-state index in [4.69, 9.17) is 4.74 Å². The van der Waals surface area contributed by atoms with Crippen molar-refractivity contribution >= 4 is 11.4 Å². The Kier molecular flexibility index (Phi) is 3.88. The predicted octanol–water partition coefficient (Wildman–Crippen LogP) is 2.59. The van der Waals surface area contributed by atoms with Crippen molar-refractivity contribution in [3.05, 3.63) is 40.5 Å². The van der Waals surface area contributed by atoms with Crippen molar-refractivity contribution in [3.63, 3.8) is 0 Å². The average Bonchev–Trinajstić information content (AvgIpc) is 2.25. The van der Waals surface area contributed by atoms with Crippen LogP contribution in [0.2, 0.25) is 0 Å². The lowest BCUT2D eigenvalue weighted by Gasteiger charge is -2.07. The van der Waals surface area contributed by atoms with Crippen molar-refractivity contribution in [2.24, 2.45) is 0 Å². The Morgan fingerprint density at radius 1 is 1.62 bits per heavy atom. The number of nitrogens with zero attached hydrogens (tertiary/aromatic N) is 1. The number of hydrogen-bond donors (Lipinski definition) is 1. The van der Waals surface area contributed by atoms with Crippen LogP contribution in [0.1, 0.15) is 6.92 Å². The fourth-order valence-corrected chi connectivity index (χ4v) is 1.19. The molecule has 0 fully saturated rings. The van der Waals surface area contributed by atoms with Crippen LogP contribution < -0.4 is 10.1 Å². The van der Waals surface area contributed by atoms with Crippen LogP contribution in [0.15, 0.2) is 30.4 Å². The maximum atomic E-state index is 10.8. The monoisotopic (exact) mass is 222 g/mol. The summed E-state index contributed by atoms with van der Waals surface area (Å²) >= 11 is 0. The number of anilines is 1. The number of nitrogens with one attached hydrogen (secondary N) is 1. The van der Waals surface area contributed by atoms with Crippen molar-refractivity contribution in [2.75, 3.05) is 19.0 Å². The molecule has 0 aliphatic rings. The highest BCUT2D eigenvalue weighted by atomic mass is 16.6. The van der Waals surface area contributed by atoms with E-state index in [0.717, 1.165) is 5.57 Å². The molecule has 0 saturated carbocycles. The molecule has 1 aromatic carbocycles. The van der Waals surface area contributed by atoms with Crippen molar-refractivity contribution in [3.8, 4) is 5.75 Å². The molecular formula is C11H14N2O3. The van der Waals surface area contributed by atoms with Gasteiger partial charge in [-0.25, -0.2) is 0 Å². The third-order valence-corrected chi connectivity index (χ3v) is 1.98. The van der Waals surface area contributed by atoms with Gasteiger partial charge in [-0.15, -0.1) is 0 Å². The van der Waals surface area contributed by atoms with E-state index in [2.05, 4.69) is 11.9 Å². The SMILES string of the molecule is C=C(C)CNc1ccc(OC)cc1[N+](=O)[O-]. The van der Waals surface area contributed by atoms with Crippen molar-refractivity contribution < 1.29 is 9.66 Å². The summed E-state index contributed by atoms with van der Waals surface area (Å²) in [6, 6.07) is 4.69. The van der Waals surface area contributed by atoms with Crippen molar-refractivity contribution in [2.45, 2.75) is 6.92 Å². The first-order valence-electron chi connectivity index (χ1n) is 4.75. The normalized spacial score (nSPS) is 9.62. The summed E-state index contributed by atoms with van der Waals surface area (Å²) in [5, 5.41) is 13.8. The maximum Gasteiger partial charge on any atom is 0.296 e. The molecule has 1 aromatic rings. The van der Waals surface area contributed by atoms with E-state index in [1.807, 2.05) is 6.92 Å². The smallest absolute Gasteiger partial charge is 0.296 e. The van der Waals surface area contributed by atoms with Gasteiger partial charge in [0.25, 0.3) is 5.69 Å². The van der Waals surface area contributed by atoms with Gasteiger partial charge >= 0.3 is 0 Å². The van der Waals surface area contributed by atoms with E-state index < -0.39 is 4.92 Å². The number of rotatable bonds is 5. The fourth-order valence-electron chi connectivity index (χ4n) is 1.19. The molecule has 0 aliphatic heterocycles. The third kappa shape index (κ3) is 2.98. The molecule has 0 bridgehead atoms.